The maximum Gasteiger partial charge on any atom is 0.0829 e. The molecule has 2 unspecified atom stereocenters. The number of aromatic nitrogens is 3. The average molecular weight is 292 g/mol. The number of hydrogen-bond donors (Lipinski definition) is 1. The SMILES string of the molecule is CC(C)CNCC1CCC(C)(C)CC1Cc1cn(C)nn1. The maximum atomic E-state index is 4.29. The first-order chi connectivity index (χ1) is 9.85. The van der Waals surface area contributed by atoms with Crippen molar-refractivity contribution in [2.75, 3.05) is 13.1 Å². The summed E-state index contributed by atoms with van der Waals surface area (Å²) in [4.78, 5) is 0. The van der Waals surface area contributed by atoms with Gasteiger partial charge in [0.15, 0.2) is 0 Å². The molecule has 1 aliphatic rings. The van der Waals surface area contributed by atoms with Crippen LogP contribution in [0.1, 0.15) is 52.7 Å². The number of hydrogen-bond acceptors (Lipinski definition) is 3. The van der Waals surface area contributed by atoms with Gasteiger partial charge in [-0.2, -0.15) is 0 Å². The van der Waals surface area contributed by atoms with Crippen LogP contribution in [0.4, 0.5) is 0 Å². The zero-order valence-corrected chi connectivity index (χ0v) is 14.4. The van der Waals surface area contributed by atoms with Crippen LogP contribution >= 0.6 is 0 Å². The Morgan fingerprint density at radius 1 is 1.38 bits per heavy atom. The van der Waals surface area contributed by atoms with E-state index in [2.05, 4.69) is 49.5 Å². The van der Waals surface area contributed by atoms with Gasteiger partial charge in [0, 0.05) is 13.2 Å². The van der Waals surface area contributed by atoms with Gasteiger partial charge in [-0.05, 0) is 61.9 Å². The molecule has 21 heavy (non-hydrogen) atoms. The van der Waals surface area contributed by atoms with Crippen LogP contribution in [0.3, 0.4) is 0 Å². The Labute approximate surface area is 129 Å². The second-order valence-electron chi connectivity index (χ2n) is 8.07. The van der Waals surface area contributed by atoms with Crippen LogP contribution in [0, 0.1) is 23.2 Å². The molecular weight excluding hydrogens is 260 g/mol. The van der Waals surface area contributed by atoms with Crippen molar-refractivity contribution in [2.45, 2.75) is 53.4 Å². The average Bonchev–Trinajstić information content (AvgIpc) is 2.76. The zero-order chi connectivity index (χ0) is 15.5. The minimum absolute atomic E-state index is 0.474. The number of rotatable bonds is 6. The minimum atomic E-state index is 0.474. The van der Waals surface area contributed by atoms with Crippen molar-refractivity contribution >= 4 is 0 Å². The van der Waals surface area contributed by atoms with Crippen LogP contribution in [-0.4, -0.2) is 28.1 Å². The summed E-state index contributed by atoms with van der Waals surface area (Å²) >= 11 is 0. The predicted molar refractivity (Wildman–Crippen MR) is 87.0 cm³/mol. The third-order valence-corrected chi connectivity index (χ3v) is 4.75. The molecule has 1 fully saturated rings. The molecule has 0 aromatic carbocycles. The molecule has 4 heteroatoms. The molecule has 1 N–H and O–H groups in total. The molecule has 0 bridgehead atoms. The fourth-order valence-electron chi connectivity index (χ4n) is 3.61. The zero-order valence-electron chi connectivity index (χ0n) is 14.4. The van der Waals surface area contributed by atoms with Crippen molar-refractivity contribution in [1.29, 1.82) is 0 Å². The summed E-state index contributed by atoms with van der Waals surface area (Å²) < 4.78 is 1.81. The molecular formula is C17H32N4. The second-order valence-corrected chi connectivity index (χ2v) is 8.07. The monoisotopic (exact) mass is 292 g/mol. The van der Waals surface area contributed by atoms with Gasteiger partial charge in [0.1, 0.15) is 0 Å². The summed E-state index contributed by atoms with van der Waals surface area (Å²) in [5.41, 5.74) is 1.62. The highest BCUT2D eigenvalue weighted by Crippen LogP contribution is 2.42. The Bertz CT molecular complexity index is 436. The van der Waals surface area contributed by atoms with Crippen LogP contribution in [0.5, 0.6) is 0 Å². The summed E-state index contributed by atoms with van der Waals surface area (Å²) in [5.74, 6) is 2.23. The van der Waals surface area contributed by atoms with Gasteiger partial charge in [-0.1, -0.05) is 32.9 Å². The van der Waals surface area contributed by atoms with Crippen LogP contribution in [0.15, 0.2) is 6.20 Å². The van der Waals surface area contributed by atoms with E-state index < -0.39 is 0 Å². The normalized spacial score (nSPS) is 25.4. The standard InChI is InChI=1S/C17H32N4/c1-13(2)10-18-11-14-6-7-17(3,4)9-15(14)8-16-12-21(5)20-19-16/h12-15,18H,6-11H2,1-5H3. The lowest BCUT2D eigenvalue weighted by Gasteiger charge is -2.41. The molecule has 1 aromatic rings. The number of nitrogens with one attached hydrogen (secondary N) is 1. The fraction of sp³-hybridized carbons (Fsp3) is 0.882. The summed E-state index contributed by atoms with van der Waals surface area (Å²) in [6, 6.07) is 0. The Morgan fingerprint density at radius 3 is 2.76 bits per heavy atom. The van der Waals surface area contributed by atoms with Gasteiger partial charge in [-0.3, -0.25) is 4.68 Å². The molecule has 2 atom stereocenters. The van der Waals surface area contributed by atoms with Gasteiger partial charge in [-0.15, -0.1) is 5.10 Å². The molecule has 120 valence electrons. The fourth-order valence-corrected chi connectivity index (χ4v) is 3.61. The van der Waals surface area contributed by atoms with Crippen molar-refractivity contribution in [1.82, 2.24) is 20.3 Å². The summed E-state index contributed by atoms with van der Waals surface area (Å²) in [6.45, 7) is 11.6. The topological polar surface area (TPSA) is 42.7 Å². The molecule has 1 aliphatic carbocycles. The smallest absolute Gasteiger partial charge is 0.0829 e. The van der Waals surface area contributed by atoms with E-state index in [4.69, 9.17) is 0 Å². The van der Waals surface area contributed by atoms with Crippen molar-refractivity contribution < 1.29 is 0 Å². The van der Waals surface area contributed by atoms with E-state index in [-0.39, 0.29) is 0 Å². The van der Waals surface area contributed by atoms with E-state index in [1.165, 1.54) is 19.3 Å². The quantitative estimate of drug-likeness (QED) is 0.876. The minimum Gasteiger partial charge on any atom is -0.316 e. The van der Waals surface area contributed by atoms with Crippen molar-refractivity contribution in [3.05, 3.63) is 11.9 Å². The van der Waals surface area contributed by atoms with E-state index in [9.17, 15) is 0 Å². The molecule has 1 heterocycles. The largest absolute Gasteiger partial charge is 0.316 e. The van der Waals surface area contributed by atoms with Gasteiger partial charge >= 0.3 is 0 Å². The highest BCUT2D eigenvalue weighted by molar-refractivity contribution is 4.98. The molecule has 2 rings (SSSR count). The summed E-state index contributed by atoms with van der Waals surface area (Å²) in [5, 5.41) is 12.0. The van der Waals surface area contributed by atoms with Gasteiger partial charge in [0.2, 0.25) is 0 Å². The Balaban J connectivity index is 1.96. The summed E-state index contributed by atoms with van der Waals surface area (Å²) in [7, 11) is 1.95. The van der Waals surface area contributed by atoms with E-state index in [1.807, 2.05) is 11.7 Å². The van der Waals surface area contributed by atoms with Crippen LogP contribution < -0.4 is 5.32 Å². The van der Waals surface area contributed by atoms with E-state index in [0.717, 1.165) is 43.0 Å². The second kappa shape index (κ2) is 6.91. The molecule has 0 aliphatic heterocycles. The van der Waals surface area contributed by atoms with Gasteiger partial charge in [0.05, 0.1) is 5.69 Å². The molecule has 0 saturated heterocycles. The molecule has 1 saturated carbocycles. The first-order valence-corrected chi connectivity index (χ1v) is 8.41. The summed E-state index contributed by atoms with van der Waals surface area (Å²) in [6.07, 6.45) is 7.13. The highest BCUT2D eigenvalue weighted by Gasteiger charge is 2.34. The van der Waals surface area contributed by atoms with Crippen LogP contribution in [0.25, 0.3) is 0 Å². The van der Waals surface area contributed by atoms with Gasteiger partial charge in [0.25, 0.3) is 0 Å². The maximum absolute atomic E-state index is 4.29. The predicted octanol–water partition coefficient (Wildman–Crippen LogP) is 3.05. The van der Waals surface area contributed by atoms with Crippen molar-refractivity contribution in [2.24, 2.45) is 30.2 Å². The van der Waals surface area contributed by atoms with Gasteiger partial charge < -0.3 is 5.32 Å². The molecule has 4 nitrogen and oxygen atoms in total. The number of aryl methyl sites for hydroxylation is 1. The molecule has 1 aromatic heterocycles. The van der Waals surface area contributed by atoms with E-state index >= 15 is 0 Å². The Hall–Kier alpha value is -0.900. The Morgan fingerprint density at radius 2 is 2.14 bits per heavy atom. The lowest BCUT2D eigenvalue weighted by Crippen LogP contribution is -2.37. The molecule has 0 amide bonds. The highest BCUT2D eigenvalue weighted by atomic mass is 15.4. The lowest BCUT2D eigenvalue weighted by molar-refractivity contribution is 0.115. The first-order valence-electron chi connectivity index (χ1n) is 8.41. The van der Waals surface area contributed by atoms with Crippen LogP contribution in [0.2, 0.25) is 0 Å². The molecule has 0 radical (unpaired) electrons. The Kier molecular flexibility index (Phi) is 5.42. The van der Waals surface area contributed by atoms with Crippen molar-refractivity contribution in [3.63, 3.8) is 0 Å². The third kappa shape index (κ3) is 5.10. The third-order valence-electron chi connectivity index (χ3n) is 4.75. The first kappa shape index (κ1) is 16.5. The van der Waals surface area contributed by atoms with Gasteiger partial charge in [-0.25, -0.2) is 0 Å². The van der Waals surface area contributed by atoms with E-state index in [0.29, 0.717) is 5.41 Å². The number of nitrogens with zero attached hydrogens (tertiary/aromatic N) is 3. The van der Waals surface area contributed by atoms with Crippen LogP contribution in [-0.2, 0) is 13.5 Å². The lowest BCUT2D eigenvalue weighted by atomic mass is 9.66. The van der Waals surface area contributed by atoms with Crippen molar-refractivity contribution in [3.8, 4) is 0 Å². The molecule has 0 spiro atoms. The van der Waals surface area contributed by atoms with E-state index in [1.54, 1.807) is 0 Å².